The van der Waals surface area contributed by atoms with Gasteiger partial charge >= 0.3 is 0 Å². The Morgan fingerprint density at radius 2 is 0.867 bits per heavy atom. The van der Waals surface area contributed by atoms with Crippen molar-refractivity contribution in [2.45, 2.75) is 13.8 Å². The summed E-state index contributed by atoms with van der Waals surface area (Å²) in [5, 5.41) is 0. The van der Waals surface area contributed by atoms with Crippen LogP contribution in [0.1, 0.15) is 11.4 Å². The highest BCUT2D eigenvalue weighted by Gasteiger charge is 2.20. The Labute approximate surface area is 176 Å². The van der Waals surface area contributed by atoms with Crippen LogP contribution in [0, 0.1) is 13.8 Å². The first-order chi connectivity index (χ1) is 14.7. The lowest BCUT2D eigenvalue weighted by Crippen LogP contribution is -2.02. The second kappa shape index (κ2) is 7.53. The number of fused-ring (bicyclic) bond motifs is 1. The molecule has 0 N–H and O–H groups in total. The molecule has 144 valence electrons. The molecule has 0 fully saturated rings. The lowest BCUT2D eigenvalue weighted by molar-refractivity contribution is 1.10. The molecule has 5 rings (SSSR count). The smallest absolute Gasteiger partial charge is 0.116 e. The van der Waals surface area contributed by atoms with Gasteiger partial charge in [-0.25, -0.2) is 15.0 Å². The molecule has 0 aliphatic rings. The molecule has 0 spiro atoms. The van der Waals surface area contributed by atoms with Gasteiger partial charge in [0.25, 0.3) is 0 Å². The minimum atomic E-state index is 0.836. The average Bonchev–Trinajstić information content (AvgIpc) is 2.81. The van der Waals surface area contributed by atoms with Crippen LogP contribution in [0.4, 0.5) is 0 Å². The van der Waals surface area contributed by atoms with Crippen molar-refractivity contribution in [2.75, 3.05) is 0 Å². The summed E-state index contributed by atoms with van der Waals surface area (Å²) >= 11 is 0. The maximum absolute atomic E-state index is 5.19. The van der Waals surface area contributed by atoms with Crippen molar-refractivity contribution < 1.29 is 0 Å². The Morgan fingerprint density at radius 1 is 0.433 bits per heavy atom. The average molecular weight is 387 g/mol. The fourth-order valence-corrected chi connectivity index (χ4v) is 3.76. The van der Waals surface area contributed by atoms with Gasteiger partial charge in [0.15, 0.2) is 0 Å². The standard InChI is InChI=1S/C27H21N3/c1-18-19(2)29-27-25(22-16-10-5-11-17-22)30-24(21-14-8-4-9-15-21)23(26(27)28-18)20-12-6-3-7-13-20/h3-17H,1-2H3. The molecule has 3 heteroatoms. The van der Waals surface area contributed by atoms with Crippen LogP contribution in [0.2, 0.25) is 0 Å². The van der Waals surface area contributed by atoms with Crippen molar-refractivity contribution >= 4 is 11.0 Å². The van der Waals surface area contributed by atoms with Gasteiger partial charge in [0.1, 0.15) is 11.0 Å². The highest BCUT2D eigenvalue weighted by Crippen LogP contribution is 2.39. The summed E-state index contributed by atoms with van der Waals surface area (Å²) in [5.41, 5.74) is 9.58. The van der Waals surface area contributed by atoms with Crippen molar-refractivity contribution in [2.24, 2.45) is 0 Å². The van der Waals surface area contributed by atoms with Gasteiger partial charge in [0.05, 0.1) is 22.8 Å². The van der Waals surface area contributed by atoms with Crippen LogP contribution in [0.25, 0.3) is 44.7 Å². The normalized spacial score (nSPS) is 11.0. The van der Waals surface area contributed by atoms with E-state index in [1.807, 2.05) is 56.3 Å². The number of hydrogen-bond donors (Lipinski definition) is 0. The van der Waals surface area contributed by atoms with Crippen LogP contribution in [0.3, 0.4) is 0 Å². The molecule has 5 aromatic rings. The van der Waals surface area contributed by atoms with Gasteiger partial charge in [-0.3, -0.25) is 0 Å². The van der Waals surface area contributed by atoms with Crippen molar-refractivity contribution in [3.63, 3.8) is 0 Å². The molecule has 30 heavy (non-hydrogen) atoms. The number of rotatable bonds is 3. The minimum absolute atomic E-state index is 0.836. The molecule has 0 unspecified atom stereocenters. The fraction of sp³-hybridized carbons (Fsp3) is 0.0741. The Bertz CT molecular complexity index is 1330. The molecule has 0 saturated carbocycles. The number of pyridine rings is 1. The predicted octanol–water partition coefficient (Wildman–Crippen LogP) is 6.64. The Kier molecular flexibility index (Phi) is 4.56. The van der Waals surface area contributed by atoms with E-state index in [1.54, 1.807) is 0 Å². The molecule has 3 aromatic carbocycles. The van der Waals surface area contributed by atoms with E-state index in [9.17, 15) is 0 Å². The summed E-state index contributed by atoms with van der Waals surface area (Å²) < 4.78 is 0. The van der Waals surface area contributed by atoms with Gasteiger partial charge in [-0.2, -0.15) is 0 Å². The first-order valence-electron chi connectivity index (χ1n) is 10.1. The third kappa shape index (κ3) is 3.15. The van der Waals surface area contributed by atoms with E-state index >= 15 is 0 Å². The van der Waals surface area contributed by atoms with Crippen LogP contribution in [-0.2, 0) is 0 Å². The van der Waals surface area contributed by atoms with E-state index in [4.69, 9.17) is 15.0 Å². The monoisotopic (exact) mass is 387 g/mol. The van der Waals surface area contributed by atoms with Crippen LogP contribution in [-0.4, -0.2) is 15.0 Å². The molecule has 2 aromatic heterocycles. The summed E-state index contributed by atoms with van der Waals surface area (Å²) in [6.45, 7) is 4.02. The van der Waals surface area contributed by atoms with E-state index in [1.165, 1.54) is 0 Å². The van der Waals surface area contributed by atoms with Crippen molar-refractivity contribution in [3.8, 4) is 33.6 Å². The largest absolute Gasteiger partial charge is 0.249 e. The van der Waals surface area contributed by atoms with E-state index < -0.39 is 0 Å². The van der Waals surface area contributed by atoms with Gasteiger partial charge in [-0.15, -0.1) is 0 Å². The van der Waals surface area contributed by atoms with Crippen molar-refractivity contribution in [1.29, 1.82) is 0 Å². The second-order valence-electron chi connectivity index (χ2n) is 7.37. The van der Waals surface area contributed by atoms with E-state index in [0.717, 1.165) is 56.1 Å². The lowest BCUT2D eigenvalue weighted by atomic mass is 9.95. The topological polar surface area (TPSA) is 38.7 Å². The van der Waals surface area contributed by atoms with Crippen molar-refractivity contribution in [3.05, 3.63) is 102 Å². The maximum atomic E-state index is 5.19. The molecule has 0 aliphatic carbocycles. The quantitative estimate of drug-likeness (QED) is 0.348. The van der Waals surface area contributed by atoms with E-state index in [-0.39, 0.29) is 0 Å². The molecule has 0 amide bonds. The Balaban J connectivity index is 1.97. The first kappa shape index (κ1) is 18.2. The zero-order chi connectivity index (χ0) is 20.5. The predicted molar refractivity (Wildman–Crippen MR) is 123 cm³/mol. The number of aryl methyl sites for hydroxylation is 2. The van der Waals surface area contributed by atoms with Gasteiger partial charge < -0.3 is 0 Å². The molecular formula is C27H21N3. The highest BCUT2D eigenvalue weighted by atomic mass is 14.9. The molecule has 0 atom stereocenters. The number of hydrogen-bond acceptors (Lipinski definition) is 3. The molecule has 0 saturated heterocycles. The summed E-state index contributed by atoms with van der Waals surface area (Å²) in [4.78, 5) is 15.2. The summed E-state index contributed by atoms with van der Waals surface area (Å²) in [7, 11) is 0. The minimum Gasteiger partial charge on any atom is -0.249 e. The van der Waals surface area contributed by atoms with E-state index in [2.05, 4.69) is 48.5 Å². The Hall–Kier alpha value is -3.85. The Morgan fingerprint density at radius 3 is 1.40 bits per heavy atom. The number of benzene rings is 3. The third-order valence-electron chi connectivity index (χ3n) is 5.39. The molecule has 0 bridgehead atoms. The van der Waals surface area contributed by atoms with Gasteiger partial charge in [-0.1, -0.05) is 91.0 Å². The zero-order valence-corrected chi connectivity index (χ0v) is 17.0. The molecule has 2 heterocycles. The summed E-state index contributed by atoms with van der Waals surface area (Å²) in [6.07, 6.45) is 0. The number of aromatic nitrogens is 3. The van der Waals surface area contributed by atoms with Gasteiger partial charge in [0.2, 0.25) is 0 Å². The molecule has 0 aliphatic heterocycles. The summed E-state index contributed by atoms with van der Waals surface area (Å²) in [6, 6.07) is 30.9. The maximum Gasteiger partial charge on any atom is 0.116 e. The zero-order valence-electron chi connectivity index (χ0n) is 17.0. The lowest BCUT2D eigenvalue weighted by Gasteiger charge is -2.16. The fourth-order valence-electron chi connectivity index (χ4n) is 3.76. The van der Waals surface area contributed by atoms with Gasteiger partial charge in [0, 0.05) is 16.7 Å². The van der Waals surface area contributed by atoms with Crippen LogP contribution in [0.5, 0.6) is 0 Å². The first-order valence-corrected chi connectivity index (χ1v) is 10.1. The second-order valence-corrected chi connectivity index (χ2v) is 7.37. The van der Waals surface area contributed by atoms with Crippen LogP contribution < -0.4 is 0 Å². The highest BCUT2D eigenvalue weighted by molar-refractivity contribution is 6.04. The van der Waals surface area contributed by atoms with Crippen LogP contribution in [0.15, 0.2) is 91.0 Å². The molecule has 0 radical (unpaired) electrons. The van der Waals surface area contributed by atoms with Crippen LogP contribution >= 0.6 is 0 Å². The SMILES string of the molecule is Cc1nc2c(-c3ccccc3)nc(-c3ccccc3)c(-c3ccccc3)c2nc1C. The molecular weight excluding hydrogens is 366 g/mol. The summed E-state index contributed by atoms with van der Waals surface area (Å²) in [5.74, 6) is 0. The van der Waals surface area contributed by atoms with E-state index in [0.29, 0.717) is 0 Å². The third-order valence-corrected chi connectivity index (χ3v) is 5.39. The van der Waals surface area contributed by atoms with Gasteiger partial charge in [-0.05, 0) is 19.4 Å². The molecule has 3 nitrogen and oxygen atoms in total. The van der Waals surface area contributed by atoms with Crippen molar-refractivity contribution in [1.82, 2.24) is 15.0 Å². The number of nitrogens with zero attached hydrogens (tertiary/aromatic N) is 3.